The van der Waals surface area contributed by atoms with E-state index in [9.17, 15) is 9.59 Å². The molecule has 2 heterocycles. The number of amides is 2. The zero-order valence-corrected chi connectivity index (χ0v) is 9.66. The Bertz CT molecular complexity index is 427. The number of carbonyl (C=O) groups is 2. The fourth-order valence-corrected chi connectivity index (χ4v) is 1.69. The molecule has 2 amide bonds. The standard InChI is InChI=1S/C11H15N3O3/c1-2-8-5-13-10(17-8)6-14-11(16)7-3-9(15)12-4-7/h5,7H,2-4,6H2,1H3,(H,12,15)(H,14,16). The largest absolute Gasteiger partial charge is 0.444 e. The van der Waals surface area contributed by atoms with Crippen LogP contribution in [0.4, 0.5) is 0 Å². The van der Waals surface area contributed by atoms with Crippen LogP contribution in [0.5, 0.6) is 0 Å². The molecule has 0 aromatic carbocycles. The van der Waals surface area contributed by atoms with E-state index in [0.717, 1.165) is 12.2 Å². The lowest BCUT2D eigenvalue weighted by Gasteiger charge is -2.06. The molecular weight excluding hydrogens is 222 g/mol. The average molecular weight is 237 g/mol. The van der Waals surface area contributed by atoms with Gasteiger partial charge in [-0.1, -0.05) is 6.92 Å². The predicted molar refractivity (Wildman–Crippen MR) is 58.8 cm³/mol. The zero-order valence-electron chi connectivity index (χ0n) is 9.66. The van der Waals surface area contributed by atoms with Crippen LogP contribution in [0.2, 0.25) is 0 Å². The second kappa shape index (κ2) is 4.99. The lowest BCUT2D eigenvalue weighted by Crippen LogP contribution is -2.31. The Labute approximate surface area is 98.8 Å². The minimum Gasteiger partial charge on any atom is -0.444 e. The third kappa shape index (κ3) is 2.83. The Morgan fingerprint density at radius 3 is 3.12 bits per heavy atom. The molecule has 1 aliphatic rings. The first-order valence-electron chi connectivity index (χ1n) is 5.67. The normalized spacial score (nSPS) is 19.1. The molecule has 2 rings (SSSR count). The molecule has 0 spiro atoms. The van der Waals surface area contributed by atoms with Gasteiger partial charge in [-0.05, 0) is 0 Å². The predicted octanol–water partition coefficient (Wildman–Crippen LogP) is -0.0107. The molecule has 1 aromatic heterocycles. The molecule has 92 valence electrons. The summed E-state index contributed by atoms with van der Waals surface area (Å²) in [4.78, 5) is 26.7. The number of nitrogens with one attached hydrogen (secondary N) is 2. The smallest absolute Gasteiger partial charge is 0.225 e. The summed E-state index contributed by atoms with van der Waals surface area (Å²) >= 11 is 0. The Morgan fingerprint density at radius 1 is 1.71 bits per heavy atom. The van der Waals surface area contributed by atoms with Gasteiger partial charge in [0, 0.05) is 19.4 Å². The van der Waals surface area contributed by atoms with Crippen LogP contribution in [-0.4, -0.2) is 23.3 Å². The van der Waals surface area contributed by atoms with Crippen molar-refractivity contribution >= 4 is 11.8 Å². The third-order valence-electron chi connectivity index (χ3n) is 2.71. The van der Waals surface area contributed by atoms with Crippen molar-refractivity contribution in [2.75, 3.05) is 6.54 Å². The van der Waals surface area contributed by atoms with E-state index < -0.39 is 0 Å². The fraction of sp³-hybridized carbons (Fsp3) is 0.545. The van der Waals surface area contributed by atoms with E-state index in [-0.39, 0.29) is 30.7 Å². The van der Waals surface area contributed by atoms with Gasteiger partial charge in [-0.2, -0.15) is 0 Å². The van der Waals surface area contributed by atoms with Gasteiger partial charge < -0.3 is 15.1 Å². The van der Waals surface area contributed by atoms with Crippen LogP contribution in [0.25, 0.3) is 0 Å². The zero-order chi connectivity index (χ0) is 12.3. The van der Waals surface area contributed by atoms with Crippen molar-refractivity contribution in [1.29, 1.82) is 0 Å². The molecule has 17 heavy (non-hydrogen) atoms. The second-order valence-corrected chi connectivity index (χ2v) is 4.00. The monoisotopic (exact) mass is 237 g/mol. The van der Waals surface area contributed by atoms with Crippen LogP contribution in [0, 0.1) is 5.92 Å². The number of hydrogen-bond acceptors (Lipinski definition) is 4. The first-order chi connectivity index (χ1) is 8.19. The summed E-state index contributed by atoms with van der Waals surface area (Å²) in [7, 11) is 0. The van der Waals surface area contributed by atoms with Crippen molar-refractivity contribution < 1.29 is 14.0 Å². The van der Waals surface area contributed by atoms with Gasteiger partial charge >= 0.3 is 0 Å². The van der Waals surface area contributed by atoms with Crippen LogP contribution in [0.1, 0.15) is 25.0 Å². The number of hydrogen-bond donors (Lipinski definition) is 2. The number of nitrogens with zero attached hydrogens (tertiary/aromatic N) is 1. The van der Waals surface area contributed by atoms with E-state index in [4.69, 9.17) is 4.42 Å². The highest BCUT2D eigenvalue weighted by Gasteiger charge is 2.27. The maximum atomic E-state index is 11.7. The van der Waals surface area contributed by atoms with Gasteiger partial charge in [0.2, 0.25) is 17.7 Å². The van der Waals surface area contributed by atoms with Crippen molar-refractivity contribution in [1.82, 2.24) is 15.6 Å². The molecule has 0 saturated carbocycles. The van der Waals surface area contributed by atoms with E-state index in [1.165, 1.54) is 0 Å². The van der Waals surface area contributed by atoms with Gasteiger partial charge in [-0.3, -0.25) is 9.59 Å². The van der Waals surface area contributed by atoms with E-state index in [1.54, 1.807) is 6.20 Å². The molecule has 0 radical (unpaired) electrons. The van der Waals surface area contributed by atoms with Gasteiger partial charge in [0.05, 0.1) is 18.7 Å². The first kappa shape index (κ1) is 11.6. The van der Waals surface area contributed by atoms with Crippen molar-refractivity contribution in [2.24, 2.45) is 5.92 Å². The van der Waals surface area contributed by atoms with Crippen LogP contribution < -0.4 is 10.6 Å². The van der Waals surface area contributed by atoms with Crippen LogP contribution in [0.3, 0.4) is 0 Å². The molecule has 1 aliphatic heterocycles. The number of carbonyl (C=O) groups excluding carboxylic acids is 2. The number of aromatic nitrogens is 1. The lowest BCUT2D eigenvalue weighted by atomic mass is 10.1. The van der Waals surface area contributed by atoms with Gasteiger partial charge in [-0.25, -0.2) is 4.98 Å². The molecule has 0 bridgehead atoms. The number of oxazole rings is 1. The van der Waals surface area contributed by atoms with Crippen LogP contribution >= 0.6 is 0 Å². The summed E-state index contributed by atoms with van der Waals surface area (Å²) in [6, 6.07) is 0. The highest BCUT2D eigenvalue weighted by Crippen LogP contribution is 2.09. The molecule has 1 unspecified atom stereocenters. The Hall–Kier alpha value is -1.85. The number of aryl methyl sites for hydroxylation is 1. The molecular formula is C11H15N3O3. The third-order valence-corrected chi connectivity index (χ3v) is 2.71. The van der Waals surface area contributed by atoms with Gasteiger partial charge in [0.25, 0.3) is 0 Å². The Morgan fingerprint density at radius 2 is 2.53 bits per heavy atom. The maximum Gasteiger partial charge on any atom is 0.225 e. The summed E-state index contributed by atoms with van der Waals surface area (Å²) in [6.45, 7) is 2.65. The molecule has 2 N–H and O–H groups in total. The molecule has 6 nitrogen and oxygen atoms in total. The summed E-state index contributed by atoms with van der Waals surface area (Å²) in [6.07, 6.45) is 2.70. The fourth-order valence-electron chi connectivity index (χ4n) is 1.69. The molecule has 1 aromatic rings. The van der Waals surface area contributed by atoms with E-state index >= 15 is 0 Å². The Kier molecular flexibility index (Phi) is 3.41. The van der Waals surface area contributed by atoms with Gasteiger partial charge in [0.1, 0.15) is 5.76 Å². The maximum absolute atomic E-state index is 11.7. The summed E-state index contributed by atoms with van der Waals surface area (Å²) < 4.78 is 5.36. The Balaban J connectivity index is 1.81. The van der Waals surface area contributed by atoms with Crippen molar-refractivity contribution in [3.63, 3.8) is 0 Å². The van der Waals surface area contributed by atoms with Crippen molar-refractivity contribution in [3.05, 3.63) is 17.8 Å². The minimum absolute atomic E-state index is 0.0745. The highest BCUT2D eigenvalue weighted by molar-refractivity contribution is 5.89. The first-order valence-corrected chi connectivity index (χ1v) is 5.67. The average Bonchev–Trinajstić information content (AvgIpc) is 2.94. The van der Waals surface area contributed by atoms with Crippen molar-refractivity contribution in [3.8, 4) is 0 Å². The molecule has 1 atom stereocenters. The van der Waals surface area contributed by atoms with E-state index in [2.05, 4.69) is 15.6 Å². The number of rotatable bonds is 4. The quantitative estimate of drug-likeness (QED) is 0.771. The van der Waals surface area contributed by atoms with E-state index in [0.29, 0.717) is 12.4 Å². The summed E-state index contributed by atoms with van der Waals surface area (Å²) in [5.41, 5.74) is 0. The van der Waals surface area contributed by atoms with Crippen LogP contribution in [-0.2, 0) is 22.6 Å². The van der Waals surface area contributed by atoms with Crippen molar-refractivity contribution in [2.45, 2.75) is 26.3 Å². The molecule has 0 aliphatic carbocycles. The van der Waals surface area contributed by atoms with Crippen LogP contribution in [0.15, 0.2) is 10.6 Å². The van der Waals surface area contributed by atoms with Gasteiger partial charge in [-0.15, -0.1) is 0 Å². The minimum atomic E-state index is -0.275. The summed E-state index contributed by atoms with van der Waals surface area (Å²) in [5.74, 6) is 0.802. The molecule has 6 heteroatoms. The summed E-state index contributed by atoms with van der Waals surface area (Å²) in [5, 5.41) is 5.33. The highest BCUT2D eigenvalue weighted by atomic mass is 16.4. The topological polar surface area (TPSA) is 84.2 Å². The molecule has 1 fully saturated rings. The van der Waals surface area contributed by atoms with E-state index in [1.807, 2.05) is 6.92 Å². The molecule has 1 saturated heterocycles. The van der Waals surface area contributed by atoms with Gasteiger partial charge in [0.15, 0.2) is 0 Å². The second-order valence-electron chi connectivity index (χ2n) is 4.00. The SMILES string of the molecule is CCc1cnc(CNC(=O)C2CNC(=O)C2)o1. The lowest BCUT2D eigenvalue weighted by molar-refractivity contribution is -0.126.